The summed E-state index contributed by atoms with van der Waals surface area (Å²) in [6.45, 7) is 0. The highest BCUT2D eigenvalue weighted by Crippen LogP contribution is 2.30. The Morgan fingerprint density at radius 2 is 1.33 bits per heavy atom. The maximum absolute atomic E-state index is 6.18. The zero-order valence-corrected chi connectivity index (χ0v) is 13.4. The molecule has 0 atom stereocenters. The fourth-order valence-electron chi connectivity index (χ4n) is 3.39. The van der Waals surface area contributed by atoms with Gasteiger partial charge in [-0.15, -0.1) is 10.9 Å². The van der Waals surface area contributed by atoms with E-state index in [1.165, 1.54) is 10.9 Å². The fourth-order valence-corrected chi connectivity index (χ4v) is 3.39. The number of hydrogen-bond acceptors (Lipinski definition) is 0. The zero-order valence-electron chi connectivity index (χ0n) is 13.4. The van der Waals surface area contributed by atoms with Crippen molar-refractivity contribution >= 4 is 75.0 Å². The van der Waals surface area contributed by atoms with E-state index in [4.69, 9.17) is 31.4 Å². The van der Waals surface area contributed by atoms with Crippen LogP contribution in [0.3, 0.4) is 0 Å². The molecular formula is C19H11B4N. The second-order valence-electron chi connectivity index (χ2n) is 6.07. The predicted octanol–water partition coefficient (Wildman–Crippen LogP) is 0.174. The summed E-state index contributed by atoms with van der Waals surface area (Å²) in [6.07, 6.45) is 0. The molecule has 1 aromatic heterocycles. The van der Waals surface area contributed by atoms with Crippen LogP contribution in [0.1, 0.15) is 0 Å². The molecule has 4 rings (SSSR count). The lowest BCUT2D eigenvalue weighted by molar-refractivity contribution is 1.01. The van der Waals surface area contributed by atoms with Crippen molar-refractivity contribution in [3.05, 3.63) is 48.5 Å². The number of aryl methyl sites for hydroxylation is 1. The van der Waals surface area contributed by atoms with Gasteiger partial charge in [-0.05, 0) is 29.3 Å². The van der Waals surface area contributed by atoms with Gasteiger partial charge in [0.05, 0.1) is 0 Å². The number of hydrogen-bond donors (Lipinski definition) is 0. The van der Waals surface area contributed by atoms with Gasteiger partial charge < -0.3 is 4.57 Å². The monoisotopic (exact) mass is 297 g/mol. The first-order valence-electron chi connectivity index (χ1n) is 7.69. The minimum absolute atomic E-state index is 0.440. The van der Waals surface area contributed by atoms with Gasteiger partial charge in [0.15, 0.2) is 0 Å². The van der Waals surface area contributed by atoms with Crippen molar-refractivity contribution in [2.45, 2.75) is 0 Å². The average molecular weight is 297 g/mol. The Hall–Kier alpha value is -2.28. The summed E-state index contributed by atoms with van der Waals surface area (Å²) in [6, 6.07) is 16.1. The normalized spacial score (nSPS) is 11.4. The lowest BCUT2D eigenvalue weighted by atomic mass is 9.66. The fraction of sp³-hybridized carbons (Fsp3) is 0.0526. The van der Waals surface area contributed by atoms with Crippen molar-refractivity contribution in [3.63, 3.8) is 0 Å². The standard InChI is InChI=1S/C19H11B4N/c1-24-15-5-3-2-4-11(15)12-8-10(6-7-16(12)24)17-18(22)13(20)9-14(21)19(17)23/h2-9H,1H3. The van der Waals surface area contributed by atoms with Crippen LogP contribution < -0.4 is 21.9 Å². The van der Waals surface area contributed by atoms with Crippen LogP contribution in [0.5, 0.6) is 0 Å². The van der Waals surface area contributed by atoms with Crippen LogP contribution in [0.25, 0.3) is 32.9 Å². The second kappa shape index (κ2) is 5.37. The third-order valence-electron chi connectivity index (χ3n) is 4.67. The molecule has 3 aromatic carbocycles. The van der Waals surface area contributed by atoms with Gasteiger partial charge in [0.1, 0.15) is 31.4 Å². The minimum Gasteiger partial charge on any atom is -0.344 e. The third kappa shape index (κ3) is 2.07. The molecule has 24 heavy (non-hydrogen) atoms. The van der Waals surface area contributed by atoms with Crippen LogP contribution in [0.2, 0.25) is 0 Å². The van der Waals surface area contributed by atoms with E-state index in [9.17, 15) is 0 Å². The van der Waals surface area contributed by atoms with Gasteiger partial charge in [-0.25, -0.2) is 0 Å². The van der Waals surface area contributed by atoms with Gasteiger partial charge in [0, 0.05) is 28.9 Å². The van der Waals surface area contributed by atoms with Gasteiger partial charge in [-0.2, -0.15) is 0 Å². The van der Waals surface area contributed by atoms with Crippen molar-refractivity contribution < 1.29 is 0 Å². The molecule has 0 unspecified atom stereocenters. The van der Waals surface area contributed by atoms with Gasteiger partial charge in [-0.1, -0.05) is 41.3 Å². The Bertz CT molecular complexity index is 1090. The molecule has 0 saturated heterocycles. The quantitative estimate of drug-likeness (QED) is 0.442. The number of rotatable bonds is 1. The number of para-hydroxylation sites is 1. The number of fused-ring (bicyclic) bond motifs is 3. The lowest BCUT2D eigenvalue weighted by Gasteiger charge is -2.17. The molecule has 5 heteroatoms. The van der Waals surface area contributed by atoms with Crippen LogP contribution in [0.15, 0.2) is 48.5 Å². The van der Waals surface area contributed by atoms with Gasteiger partial charge in [0.2, 0.25) is 0 Å². The van der Waals surface area contributed by atoms with Crippen LogP contribution in [0.4, 0.5) is 0 Å². The smallest absolute Gasteiger partial charge is 0.113 e. The Balaban J connectivity index is 2.09. The van der Waals surface area contributed by atoms with E-state index >= 15 is 0 Å². The number of benzene rings is 3. The Labute approximate surface area is 146 Å². The minimum atomic E-state index is 0.440. The predicted molar refractivity (Wildman–Crippen MR) is 107 cm³/mol. The van der Waals surface area contributed by atoms with Gasteiger partial charge in [-0.3, -0.25) is 0 Å². The van der Waals surface area contributed by atoms with Crippen molar-refractivity contribution in [1.82, 2.24) is 4.57 Å². The average Bonchev–Trinajstić information content (AvgIpc) is 2.86. The third-order valence-corrected chi connectivity index (χ3v) is 4.67. The summed E-state index contributed by atoms with van der Waals surface area (Å²) in [5.41, 5.74) is 5.73. The molecule has 0 saturated carbocycles. The van der Waals surface area contributed by atoms with E-state index in [1.807, 2.05) is 18.2 Å². The van der Waals surface area contributed by atoms with E-state index in [1.54, 1.807) is 6.07 Å². The van der Waals surface area contributed by atoms with E-state index in [2.05, 4.69) is 35.9 Å². The molecule has 104 valence electrons. The van der Waals surface area contributed by atoms with Gasteiger partial charge in [0.25, 0.3) is 0 Å². The molecule has 0 N–H and O–H groups in total. The lowest BCUT2D eigenvalue weighted by Crippen LogP contribution is -2.41. The van der Waals surface area contributed by atoms with Crippen LogP contribution >= 0.6 is 0 Å². The molecule has 0 aliphatic heterocycles. The summed E-state index contributed by atoms with van der Waals surface area (Å²) in [5, 5.41) is 2.33. The second-order valence-corrected chi connectivity index (χ2v) is 6.07. The zero-order chi connectivity index (χ0) is 17.0. The number of nitrogens with zero attached hydrogens (tertiary/aromatic N) is 1. The molecule has 1 nitrogen and oxygen atoms in total. The Morgan fingerprint density at radius 3 is 2.04 bits per heavy atom. The Kier molecular flexibility index (Phi) is 3.42. The molecule has 0 aliphatic rings. The number of aromatic nitrogens is 1. The molecule has 0 bridgehead atoms. The molecule has 8 radical (unpaired) electrons. The molecular weight excluding hydrogens is 285 g/mol. The highest BCUT2D eigenvalue weighted by Gasteiger charge is 2.12. The highest BCUT2D eigenvalue weighted by atomic mass is 14.9. The molecule has 0 spiro atoms. The molecule has 1 heterocycles. The largest absolute Gasteiger partial charge is 0.344 e. The van der Waals surface area contributed by atoms with Crippen molar-refractivity contribution in [3.8, 4) is 11.1 Å². The van der Waals surface area contributed by atoms with Crippen LogP contribution in [-0.2, 0) is 7.05 Å². The van der Waals surface area contributed by atoms with E-state index in [0.717, 1.165) is 16.5 Å². The maximum atomic E-state index is 6.18. The molecule has 0 fully saturated rings. The van der Waals surface area contributed by atoms with Crippen molar-refractivity contribution in [2.75, 3.05) is 0 Å². The molecule has 0 amide bonds. The Morgan fingerprint density at radius 1 is 0.708 bits per heavy atom. The summed E-state index contributed by atoms with van der Waals surface area (Å²) in [4.78, 5) is 0. The van der Waals surface area contributed by atoms with E-state index in [0.29, 0.717) is 27.4 Å². The molecule has 4 aromatic rings. The summed E-state index contributed by atoms with van der Waals surface area (Å²) in [7, 11) is 26.4. The summed E-state index contributed by atoms with van der Waals surface area (Å²) in [5.74, 6) is 0. The first kappa shape index (κ1) is 15.3. The molecule has 0 aliphatic carbocycles. The summed E-state index contributed by atoms with van der Waals surface area (Å²) >= 11 is 0. The topological polar surface area (TPSA) is 4.93 Å². The first-order valence-corrected chi connectivity index (χ1v) is 7.69. The highest BCUT2D eigenvalue weighted by molar-refractivity contribution is 6.59. The van der Waals surface area contributed by atoms with E-state index in [-0.39, 0.29) is 0 Å². The SMILES string of the molecule is [B]c1cc([B])c([B])c(-c2ccc3c(c2)c2ccccc2n3C)c1[B]. The maximum Gasteiger partial charge on any atom is 0.113 e. The van der Waals surface area contributed by atoms with Crippen LogP contribution in [-0.4, -0.2) is 36.0 Å². The summed E-state index contributed by atoms with van der Waals surface area (Å²) < 4.78 is 2.18. The van der Waals surface area contributed by atoms with Crippen molar-refractivity contribution in [2.24, 2.45) is 7.05 Å². The van der Waals surface area contributed by atoms with E-state index < -0.39 is 0 Å². The van der Waals surface area contributed by atoms with Crippen molar-refractivity contribution in [1.29, 1.82) is 0 Å². The first-order chi connectivity index (χ1) is 11.5. The van der Waals surface area contributed by atoms with Gasteiger partial charge >= 0.3 is 0 Å². The van der Waals surface area contributed by atoms with Crippen LogP contribution in [0, 0.1) is 0 Å².